The minimum absolute atomic E-state index is 0.435. The van der Waals surface area contributed by atoms with Gasteiger partial charge < -0.3 is 10.1 Å². The highest BCUT2D eigenvalue weighted by Gasteiger charge is 2.05. The Balaban J connectivity index is 2.53. The Labute approximate surface area is 103 Å². The van der Waals surface area contributed by atoms with Crippen LogP contribution in [0, 0.1) is 5.92 Å². The number of hydrogen-bond acceptors (Lipinski definition) is 3. The van der Waals surface area contributed by atoms with E-state index in [0.717, 1.165) is 23.3 Å². The molecular weight excluding hydrogens is 279 g/mol. The first kappa shape index (κ1) is 12.7. The molecule has 84 valence electrons. The van der Waals surface area contributed by atoms with Crippen molar-refractivity contribution in [3.05, 3.63) is 21.9 Å². The molecular formula is C10H14BrClN2O. The fourth-order valence-corrected chi connectivity index (χ4v) is 1.68. The molecule has 1 unspecified atom stereocenters. The van der Waals surface area contributed by atoms with Gasteiger partial charge in [-0.05, 0) is 27.9 Å². The minimum Gasteiger partial charge on any atom is -0.384 e. The number of ether oxygens (including phenoxy) is 1. The summed E-state index contributed by atoms with van der Waals surface area (Å²) in [6.45, 7) is 3.65. The van der Waals surface area contributed by atoms with E-state index >= 15 is 0 Å². The molecule has 1 aromatic rings. The zero-order chi connectivity index (χ0) is 11.3. The number of anilines is 1. The first-order chi connectivity index (χ1) is 7.13. The van der Waals surface area contributed by atoms with Gasteiger partial charge in [-0.25, -0.2) is 4.98 Å². The molecule has 5 heteroatoms. The third-order valence-electron chi connectivity index (χ3n) is 1.90. The largest absolute Gasteiger partial charge is 0.384 e. The van der Waals surface area contributed by atoms with Crippen molar-refractivity contribution in [1.29, 1.82) is 0 Å². The molecule has 0 aliphatic rings. The number of methoxy groups -OCH3 is 1. The Morgan fingerprint density at radius 3 is 3.07 bits per heavy atom. The first-order valence-corrected chi connectivity index (χ1v) is 5.84. The maximum Gasteiger partial charge on any atom is 0.152 e. The smallest absolute Gasteiger partial charge is 0.152 e. The van der Waals surface area contributed by atoms with E-state index in [1.807, 2.05) is 6.07 Å². The van der Waals surface area contributed by atoms with Gasteiger partial charge in [-0.3, -0.25) is 0 Å². The van der Waals surface area contributed by atoms with Crippen molar-refractivity contribution in [2.45, 2.75) is 6.92 Å². The summed E-state index contributed by atoms with van der Waals surface area (Å²) in [7, 11) is 1.70. The van der Waals surface area contributed by atoms with Crippen molar-refractivity contribution in [1.82, 2.24) is 4.98 Å². The van der Waals surface area contributed by atoms with Crippen LogP contribution < -0.4 is 5.32 Å². The highest BCUT2D eigenvalue weighted by atomic mass is 79.9. The van der Waals surface area contributed by atoms with Gasteiger partial charge >= 0.3 is 0 Å². The van der Waals surface area contributed by atoms with Gasteiger partial charge in [-0.15, -0.1) is 0 Å². The summed E-state index contributed by atoms with van der Waals surface area (Å²) in [6.07, 6.45) is 1.67. The van der Waals surface area contributed by atoms with Crippen LogP contribution in [0.4, 0.5) is 5.69 Å². The zero-order valence-corrected chi connectivity index (χ0v) is 11.1. The third-order valence-corrected chi connectivity index (χ3v) is 2.63. The number of halogens is 2. The molecule has 1 heterocycles. The fourth-order valence-electron chi connectivity index (χ4n) is 1.17. The lowest BCUT2D eigenvalue weighted by Gasteiger charge is -2.13. The molecule has 0 spiro atoms. The number of nitrogens with zero attached hydrogens (tertiary/aromatic N) is 1. The SMILES string of the molecule is COCC(C)CNc1cc(Br)cnc1Cl. The second-order valence-electron chi connectivity index (χ2n) is 3.43. The van der Waals surface area contributed by atoms with Crippen LogP contribution in [0.15, 0.2) is 16.7 Å². The van der Waals surface area contributed by atoms with Crippen LogP contribution in [0.2, 0.25) is 5.15 Å². The van der Waals surface area contributed by atoms with E-state index in [0.29, 0.717) is 11.1 Å². The standard InChI is InChI=1S/C10H14BrClN2O/c1-7(6-15-2)4-13-9-3-8(11)5-14-10(9)12/h3,5,7,13H,4,6H2,1-2H3. The Bertz CT molecular complexity index is 322. The highest BCUT2D eigenvalue weighted by Crippen LogP contribution is 2.22. The molecule has 0 fully saturated rings. The van der Waals surface area contributed by atoms with Crippen LogP contribution in [0.3, 0.4) is 0 Å². The van der Waals surface area contributed by atoms with Crippen LogP contribution in [-0.4, -0.2) is 25.2 Å². The van der Waals surface area contributed by atoms with Gasteiger partial charge in [0.05, 0.1) is 12.3 Å². The normalized spacial score (nSPS) is 12.5. The molecule has 1 N–H and O–H groups in total. The van der Waals surface area contributed by atoms with Gasteiger partial charge in [-0.2, -0.15) is 0 Å². The molecule has 0 aromatic carbocycles. The maximum absolute atomic E-state index is 5.93. The molecule has 0 aliphatic heterocycles. The van der Waals surface area contributed by atoms with Crippen molar-refractivity contribution in [2.24, 2.45) is 5.92 Å². The number of hydrogen-bond donors (Lipinski definition) is 1. The Morgan fingerprint density at radius 2 is 2.40 bits per heavy atom. The predicted molar refractivity (Wildman–Crippen MR) is 66.5 cm³/mol. The number of rotatable bonds is 5. The molecule has 0 bridgehead atoms. The number of aromatic nitrogens is 1. The highest BCUT2D eigenvalue weighted by molar-refractivity contribution is 9.10. The second-order valence-corrected chi connectivity index (χ2v) is 4.71. The quantitative estimate of drug-likeness (QED) is 0.847. The summed E-state index contributed by atoms with van der Waals surface area (Å²) in [4.78, 5) is 4.03. The average molecular weight is 294 g/mol. The lowest BCUT2D eigenvalue weighted by Crippen LogP contribution is -2.16. The van der Waals surface area contributed by atoms with Crippen molar-refractivity contribution in [2.75, 3.05) is 25.6 Å². The summed E-state index contributed by atoms with van der Waals surface area (Å²) >= 11 is 9.28. The van der Waals surface area contributed by atoms with Crippen LogP contribution in [0.1, 0.15) is 6.92 Å². The molecule has 0 amide bonds. The minimum atomic E-state index is 0.435. The Morgan fingerprint density at radius 1 is 1.67 bits per heavy atom. The molecule has 1 aromatic heterocycles. The van der Waals surface area contributed by atoms with Gasteiger partial charge in [0, 0.05) is 24.3 Å². The molecule has 0 saturated heterocycles. The maximum atomic E-state index is 5.93. The summed E-state index contributed by atoms with van der Waals surface area (Å²) in [5.41, 5.74) is 0.842. The van der Waals surface area contributed by atoms with Crippen LogP contribution in [0.5, 0.6) is 0 Å². The van der Waals surface area contributed by atoms with Gasteiger partial charge in [0.1, 0.15) is 0 Å². The van der Waals surface area contributed by atoms with Gasteiger partial charge in [0.15, 0.2) is 5.15 Å². The van der Waals surface area contributed by atoms with Crippen LogP contribution in [0.25, 0.3) is 0 Å². The van der Waals surface area contributed by atoms with E-state index < -0.39 is 0 Å². The topological polar surface area (TPSA) is 34.1 Å². The third kappa shape index (κ3) is 4.36. The predicted octanol–water partition coefficient (Wildman–Crippen LogP) is 3.19. The zero-order valence-electron chi connectivity index (χ0n) is 8.76. The van der Waals surface area contributed by atoms with E-state index in [1.165, 1.54) is 0 Å². The monoisotopic (exact) mass is 292 g/mol. The van der Waals surface area contributed by atoms with Crippen LogP contribution >= 0.6 is 27.5 Å². The van der Waals surface area contributed by atoms with Gasteiger partial charge in [0.25, 0.3) is 0 Å². The lowest BCUT2D eigenvalue weighted by atomic mass is 10.2. The molecule has 0 saturated carbocycles. The fraction of sp³-hybridized carbons (Fsp3) is 0.500. The van der Waals surface area contributed by atoms with E-state index in [9.17, 15) is 0 Å². The van der Waals surface area contributed by atoms with Crippen molar-refractivity contribution < 1.29 is 4.74 Å². The Hall–Kier alpha value is -0.320. The first-order valence-electron chi connectivity index (χ1n) is 4.67. The van der Waals surface area contributed by atoms with Crippen molar-refractivity contribution >= 4 is 33.2 Å². The molecule has 15 heavy (non-hydrogen) atoms. The number of nitrogens with one attached hydrogen (secondary N) is 1. The van der Waals surface area contributed by atoms with E-state index in [-0.39, 0.29) is 0 Å². The molecule has 0 radical (unpaired) electrons. The van der Waals surface area contributed by atoms with Crippen LogP contribution in [-0.2, 0) is 4.74 Å². The van der Waals surface area contributed by atoms with E-state index in [2.05, 4.69) is 33.2 Å². The van der Waals surface area contributed by atoms with Crippen molar-refractivity contribution in [3.63, 3.8) is 0 Å². The van der Waals surface area contributed by atoms with E-state index in [1.54, 1.807) is 13.3 Å². The number of pyridine rings is 1. The average Bonchev–Trinajstić information content (AvgIpc) is 2.20. The Kier molecular flexibility index (Phi) is 5.36. The molecule has 1 rings (SSSR count). The molecule has 3 nitrogen and oxygen atoms in total. The lowest BCUT2D eigenvalue weighted by molar-refractivity contribution is 0.164. The molecule has 1 atom stereocenters. The summed E-state index contributed by atoms with van der Waals surface area (Å²) in [6, 6.07) is 1.91. The van der Waals surface area contributed by atoms with Crippen molar-refractivity contribution in [3.8, 4) is 0 Å². The second kappa shape index (κ2) is 6.30. The summed E-state index contributed by atoms with van der Waals surface area (Å²) in [5, 5.41) is 3.72. The van der Waals surface area contributed by atoms with Gasteiger partial charge in [-0.1, -0.05) is 18.5 Å². The summed E-state index contributed by atoms with van der Waals surface area (Å²) in [5.74, 6) is 0.435. The summed E-state index contributed by atoms with van der Waals surface area (Å²) < 4.78 is 5.96. The molecule has 0 aliphatic carbocycles. The van der Waals surface area contributed by atoms with E-state index in [4.69, 9.17) is 16.3 Å². The van der Waals surface area contributed by atoms with Gasteiger partial charge in [0.2, 0.25) is 0 Å².